The van der Waals surface area contributed by atoms with Crippen LogP contribution in [0.2, 0.25) is 0 Å². The van der Waals surface area contributed by atoms with Gasteiger partial charge in [-0.1, -0.05) is 12.1 Å². The molecular weight excluding hydrogens is 197 g/mol. The molecule has 1 N–H and O–H groups in total. The van der Waals surface area contributed by atoms with E-state index >= 15 is 0 Å². The second kappa shape index (κ2) is 3.65. The van der Waals surface area contributed by atoms with Crippen molar-refractivity contribution < 1.29 is 14.3 Å². The van der Waals surface area contributed by atoms with Gasteiger partial charge in [0.05, 0.1) is 12.1 Å². The fraction of sp³-hybridized carbons (Fsp3) is 0.0909. The molecule has 3 nitrogen and oxygen atoms in total. The summed E-state index contributed by atoms with van der Waals surface area (Å²) in [4.78, 5) is 14.5. The van der Waals surface area contributed by atoms with Gasteiger partial charge in [0, 0.05) is 17.0 Å². The summed E-state index contributed by atoms with van der Waals surface area (Å²) in [5.41, 5.74) is 0.388. The number of pyridine rings is 1. The Morgan fingerprint density at radius 3 is 2.87 bits per heavy atom. The first-order valence-electron chi connectivity index (χ1n) is 4.42. The van der Waals surface area contributed by atoms with E-state index in [1.54, 1.807) is 12.1 Å². The van der Waals surface area contributed by atoms with Crippen molar-refractivity contribution >= 4 is 16.7 Å². The fourth-order valence-electron chi connectivity index (χ4n) is 1.51. The highest BCUT2D eigenvalue weighted by Crippen LogP contribution is 2.19. The minimum absolute atomic E-state index is 0.194. The average molecular weight is 205 g/mol. The number of benzene rings is 1. The Morgan fingerprint density at radius 1 is 1.33 bits per heavy atom. The Bertz CT molecular complexity index is 525. The molecule has 0 aliphatic heterocycles. The van der Waals surface area contributed by atoms with Crippen LogP contribution in [0.1, 0.15) is 5.69 Å². The maximum Gasteiger partial charge on any atom is 0.309 e. The molecule has 1 heterocycles. The van der Waals surface area contributed by atoms with E-state index in [9.17, 15) is 9.18 Å². The highest BCUT2D eigenvalue weighted by molar-refractivity contribution is 5.87. The smallest absolute Gasteiger partial charge is 0.309 e. The summed E-state index contributed by atoms with van der Waals surface area (Å²) in [6, 6.07) is 6.09. The van der Waals surface area contributed by atoms with Crippen LogP contribution < -0.4 is 0 Å². The molecule has 0 aliphatic rings. The lowest BCUT2D eigenvalue weighted by molar-refractivity contribution is -0.136. The van der Waals surface area contributed by atoms with Crippen LogP contribution in [-0.4, -0.2) is 16.1 Å². The van der Waals surface area contributed by atoms with Crippen molar-refractivity contribution in [1.29, 1.82) is 0 Å². The summed E-state index contributed by atoms with van der Waals surface area (Å²) in [5.74, 6) is -1.33. The van der Waals surface area contributed by atoms with Gasteiger partial charge >= 0.3 is 5.97 Å². The zero-order chi connectivity index (χ0) is 10.8. The number of carbonyl (C=O) groups is 1. The van der Waals surface area contributed by atoms with E-state index in [4.69, 9.17) is 5.11 Å². The first-order chi connectivity index (χ1) is 7.18. The monoisotopic (exact) mass is 205 g/mol. The van der Waals surface area contributed by atoms with Crippen molar-refractivity contribution in [3.8, 4) is 0 Å². The zero-order valence-electron chi connectivity index (χ0n) is 7.77. The van der Waals surface area contributed by atoms with Crippen LogP contribution in [0.5, 0.6) is 0 Å². The number of aliphatic carboxylic acids is 1. The first kappa shape index (κ1) is 9.58. The van der Waals surface area contributed by atoms with Gasteiger partial charge in [0.2, 0.25) is 0 Å². The standard InChI is InChI=1S/C11H8FNO2/c12-9-3-1-2-8-7(9)4-5-13-10(8)6-11(14)15/h1-5H,6H2,(H,14,15). The van der Waals surface area contributed by atoms with Crippen molar-refractivity contribution in [2.24, 2.45) is 0 Å². The largest absolute Gasteiger partial charge is 0.481 e. The highest BCUT2D eigenvalue weighted by atomic mass is 19.1. The summed E-state index contributed by atoms with van der Waals surface area (Å²) in [6.07, 6.45) is 1.23. The third-order valence-corrected chi connectivity index (χ3v) is 2.15. The normalized spacial score (nSPS) is 10.5. The fourth-order valence-corrected chi connectivity index (χ4v) is 1.51. The molecule has 2 aromatic rings. The summed E-state index contributed by atoms with van der Waals surface area (Å²) < 4.78 is 13.3. The van der Waals surface area contributed by atoms with Crippen LogP contribution >= 0.6 is 0 Å². The van der Waals surface area contributed by atoms with Crippen molar-refractivity contribution in [3.05, 3.63) is 42.0 Å². The van der Waals surface area contributed by atoms with Gasteiger partial charge in [-0.3, -0.25) is 9.78 Å². The van der Waals surface area contributed by atoms with Gasteiger partial charge in [-0.2, -0.15) is 0 Å². The predicted molar refractivity (Wildman–Crippen MR) is 53.0 cm³/mol. The lowest BCUT2D eigenvalue weighted by Gasteiger charge is -2.03. The van der Waals surface area contributed by atoms with Gasteiger partial charge in [-0.05, 0) is 12.1 Å². The van der Waals surface area contributed by atoms with E-state index < -0.39 is 5.97 Å². The number of hydrogen-bond donors (Lipinski definition) is 1. The van der Waals surface area contributed by atoms with Crippen LogP contribution in [0.25, 0.3) is 10.8 Å². The van der Waals surface area contributed by atoms with Crippen molar-refractivity contribution in [1.82, 2.24) is 4.98 Å². The molecular formula is C11H8FNO2. The number of carboxylic acid groups (broad SMARTS) is 1. The lowest BCUT2D eigenvalue weighted by Crippen LogP contribution is -2.03. The molecule has 0 spiro atoms. The van der Waals surface area contributed by atoms with Gasteiger partial charge in [0.25, 0.3) is 0 Å². The van der Waals surface area contributed by atoms with Crippen LogP contribution in [0.4, 0.5) is 4.39 Å². The maximum atomic E-state index is 13.3. The van der Waals surface area contributed by atoms with Gasteiger partial charge in [0.15, 0.2) is 0 Å². The zero-order valence-corrected chi connectivity index (χ0v) is 7.77. The van der Waals surface area contributed by atoms with Crippen LogP contribution in [-0.2, 0) is 11.2 Å². The molecule has 15 heavy (non-hydrogen) atoms. The number of rotatable bonds is 2. The molecule has 0 bridgehead atoms. The molecule has 0 unspecified atom stereocenters. The second-order valence-corrected chi connectivity index (χ2v) is 3.16. The van der Waals surface area contributed by atoms with Crippen LogP contribution in [0.3, 0.4) is 0 Å². The molecule has 0 amide bonds. The number of aromatic nitrogens is 1. The minimum atomic E-state index is -0.973. The Labute approximate surface area is 85.2 Å². The molecule has 2 rings (SSSR count). The number of hydrogen-bond acceptors (Lipinski definition) is 2. The van der Waals surface area contributed by atoms with Gasteiger partial charge in [-0.25, -0.2) is 4.39 Å². The van der Waals surface area contributed by atoms with Gasteiger partial charge in [0.1, 0.15) is 5.82 Å². The molecule has 0 atom stereocenters. The lowest BCUT2D eigenvalue weighted by atomic mass is 10.1. The summed E-state index contributed by atoms with van der Waals surface area (Å²) in [6.45, 7) is 0. The molecule has 1 aromatic heterocycles. The molecule has 0 fully saturated rings. The van der Waals surface area contributed by atoms with E-state index in [0.29, 0.717) is 16.5 Å². The number of halogens is 1. The summed E-state index contributed by atoms with van der Waals surface area (Å²) >= 11 is 0. The third-order valence-electron chi connectivity index (χ3n) is 2.15. The number of carboxylic acids is 1. The van der Waals surface area contributed by atoms with E-state index in [2.05, 4.69) is 4.98 Å². The molecule has 1 aromatic carbocycles. The number of nitrogens with zero attached hydrogens (tertiary/aromatic N) is 1. The molecule has 0 saturated carbocycles. The van der Waals surface area contributed by atoms with Gasteiger partial charge in [-0.15, -0.1) is 0 Å². The Hall–Kier alpha value is -1.97. The first-order valence-corrected chi connectivity index (χ1v) is 4.42. The number of fused-ring (bicyclic) bond motifs is 1. The van der Waals surface area contributed by atoms with Crippen LogP contribution in [0.15, 0.2) is 30.5 Å². The quantitative estimate of drug-likeness (QED) is 0.815. The van der Waals surface area contributed by atoms with Crippen molar-refractivity contribution in [2.75, 3.05) is 0 Å². The SMILES string of the molecule is O=C(O)Cc1nccc2c(F)cccc12. The molecule has 0 radical (unpaired) electrons. The Kier molecular flexibility index (Phi) is 2.33. The third kappa shape index (κ3) is 1.79. The van der Waals surface area contributed by atoms with E-state index in [1.165, 1.54) is 18.3 Å². The summed E-state index contributed by atoms with van der Waals surface area (Å²) in [5, 5.41) is 9.62. The van der Waals surface area contributed by atoms with E-state index in [-0.39, 0.29) is 12.2 Å². The molecule has 4 heteroatoms. The molecule has 76 valence electrons. The van der Waals surface area contributed by atoms with Crippen molar-refractivity contribution in [2.45, 2.75) is 6.42 Å². The van der Waals surface area contributed by atoms with Crippen LogP contribution in [0, 0.1) is 5.82 Å². The summed E-state index contributed by atoms with van der Waals surface area (Å²) in [7, 11) is 0. The molecule has 0 saturated heterocycles. The van der Waals surface area contributed by atoms with E-state index in [0.717, 1.165) is 0 Å². The van der Waals surface area contributed by atoms with E-state index in [1.807, 2.05) is 0 Å². The second-order valence-electron chi connectivity index (χ2n) is 3.16. The molecule has 0 aliphatic carbocycles. The van der Waals surface area contributed by atoms with Crippen molar-refractivity contribution in [3.63, 3.8) is 0 Å². The minimum Gasteiger partial charge on any atom is -0.481 e. The maximum absolute atomic E-state index is 13.3. The predicted octanol–water partition coefficient (Wildman–Crippen LogP) is 2.00. The van der Waals surface area contributed by atoms with Gasteiger partial charge < -0.3 is 5.11 Å². The Balaban J connectivity index is 2.65. The Morgan fingerprint density at radius 2 is 2.13 bits per heavy atom. The highest BCUT2D eigenvalue weighted by Gasteiger charge is 2.08. The topological polar surface area (TPSA) is 50.2 Å². The average Bonchev–Trinajstić information content (AvgIpc) is 2.19.